The second-order valence-corrected chi connectivity index (χ2v) is 19.1. The van der Waals surface area contributed by atoms with Gasteiger partial charge in [0.2, 0.25) is 0 Å². The van der Waals surface area contributed by atoms with E-state index in [1.807, 2.05) is 0 Å². The summed E-state index contributed by atoms with van der Waals surface area (Å²) in [5, 5.41) is 0.793. The van der Waals surface area contributed by atoms with Gasteiger partial charge in [-0.25, -0.2) is 0 Å². The monoisotopic (exact) mass is 900 g/mol. The molecule has 29 heteroatoms. The Labute approximate surface area is 482 Å². The predicted molar refractivity (Wildman–Crippen MR) is 360 cm³/mol. The smallest absolute Gasteiger partial charge is 0.128 e. The third kappa shape index (κ3) is 6.65. The van der Waals surface area contributed by atoms with Crippen molar-refractivity contribution < 1.29 is 4.42 Å². The van der Waals surface area contributed by atoms with E-state index in [1.165, 1.54) is 0 Å². The summed E-state index contributed by atoms with van der Waals surface area (Å²) in [6, 6.07) is 0. The lowest BCUT2D eigenvalue weighted by Gasteiger charge is -2.33. The van der Waals surface area contributed by atoms with E-state index in [4.69, 9.17) is 224 Å². The Bertz CT molecular complexity index is 4690. The van der Waals surface area contributed by atoms with Crippen molar-refractivity contribution in [2.24, 2.45) is 0 Å². The summed E-state index contributed by atoms with van der Waals surface area (Å²) in [4.78, 5) is 0. The molecule has 282 valence electrons. The fourth-order valence-corrected chi connectivity index (χ4v) is 11.5. The molecule has 1 nitrogen and oxygen atoms in total. The van der Waals surface area contributed by atoms with Crippen LogP contribution in [0.15, 0.2) is 4.42 Å². The molecular weight excluding hydrogens is 895 g/mol. The van der Waals surface area contributed by atoms with E-state index >= 15 is 0 Å². The van der Waals surface area contributed by atoms with Gasteiger partial charge in [0.15, 0.2) is 0 Å². The van der Waals surface area contributed by atoms with E-state index in [2.05, 4.69) is 0 Å². The van der Waals surface area contributed by atoms with Crippen molar-refractivity contribution in [3.05, 3.63) is 0 Å². The molecule has 0 atom stereocenters. The number of furan rings is 1. The molecule has 0 bridgehead atoms. The first-order chi connectivity index (χ1) is 36.0. The van der Waals surface area contributed by atoms with Crippen LogP contribution in [0.1, 0.15) is 0 Å². The maximum Gasteiger partial charge on any atom is 0.128 e. The Morgan fingerprint density at radius 2 is 0.325 bits per heavy atom. The molecule has 1 aromatic heterocycles. The molecule has 0 unspecified atom stereocenters. The first-order valence-electron chi connectivity index (χ1n) is 22.7. The molecule has 0 spiro atoms. The Morgan fingerprint density at radius 1 is 0.117 bits per heavy atom. The summed E-state index contributed by atoms with van der Waals surface area (Å²) < 4.78 is 6.40. The second-order valence-electron chi connectivity index (χ2n) is 19.1. The minimum atomic E-state index is -0.224. The topological polar surface area (TPSA) is 13.1 Å². The van der Waals surface area contributed by atoms with Crippen molar-refractivity contribution >= 4 is 459 Å². The van der Waals surface area contributed by atoms with E-state index in [0.29, 0.717) is 0 Å². The highest BCUT2D eigenvalue weighted by molar-refractivity contribution is 6.79. The molecule has 11 aromatic rings. The molecule has 0 aliphatic carbocycles. The predicted octanol–water partition coefficient (Wildman–Crippen LogP) is -19.9. The van der Waals surface area contributed by atoms with Crippen LogP contribution in [0.4, 0.5) is 0 Å². The molecule has 0 N–H and O–H groups in total. The number of hydrogen-bond donors (Lipinski definition) is 0. The van der Waals surface area contributed by atoms with Crippen molar-refractivity contribution in [3.63, 3.8) is 0 Å². The maximum atomic E-state index is 7.56. The number of fused-ring (bicyclic) bond motifs is 12. The van der Waals surface area contributed by atoms with E-state index in [0.717, 1.165) is 0 Å². The summed E-state index contributed by atoms with van der Waals surface area (Å²) in [7, 11) is 193. The average molecular weight is 895 g/mol. The van der Waals surface area contributed by atoms with Gasteiger partial charge < -0.3 is 4.42 Å². The van der Waals surface area contributed by atoms with Gasteiger partial charge in [-0.05, 0) is 86.9 Å². The van der Waals surface area contributed by atoms with Crippen LogP contribution in [0.2, 0.25) is 0 Å². The molecule has 0 saturated carbocycles. The lowest BCUT2D eigenvalue weighted by Crippen LogP contribution is -2.51. The Balaban J connectivity index is 1.50. The molecule has 0 fully saturated rings. The minimum Gasteiger partial charge on any atom is -0.457 e. The van der Waals surface area contributed by atoms with Gasteiger partial charge >= 0.3 is 0 Å². The van der Waals surface area contributed by atoms with E-state index in [-0.39, 0.29) is 262 Å². The van der Waals surface area contributed by atoms with Crippen LogP contribution in [0.3, 0.4) is 0 Å². The van der Waals surface area contributed by atoms with E-state index < -0.39 is 0 Å². The molecule has 11 rings (SSSR count). The fourth-order valence-electron chi connectivity index (χ4n) is 11.5. The van der Waals surface area contributed by atoms with Crippen molar-refractivity contribution in [1.29, 1.82) is 0 Å². The molecule has 77 heavy (non-hydrogen) atoms. The Hall–Kier alpha value is -4.62. The lowest BCUT2D eigenvalue weighted by atomic mass is 9.56. The zero-order valence-corrected chi connectivity index (χ0v) is 40.6. The summed E-state index contributed by atoms with van der Waals surface area (Å²) in [5.74, 6) is 0. The van der Waals surface area contributed by atoms with Crippen LogP contribution in [0.5, 0.6) is 0 Å². The van der Waals surface area contributed by atoms with Crippen LogP contribution >= 0.6 is 0 Å². The van der Waals surface area contributed by atoms with Gasteiger partial charge in [-0.15, -0.1) is 54.6 Å². The van der Waals surface area contributed by atoms with Gasteiger partial charge in [0.05, 0.1) is 0 Å². The minimum absolute atomic E-state index is 0.00481. The Morgan fingerprint density at radius 3 is 0.688 bits per heavy atom. The SMILES string of the molecule is [B]c1c(-c2c3c([B])c([B])c([B])c([B])c3c(-c3c([B])c4c([B])c([B])c5c([B])c([B])c([B])c([B])c5c4c4c([B])c([B])c([B])c([B])c34)c3c([B])c([B])c([B])c([B])c23)c([B])c2c(oc3c([B])c([B])c4c([B])c([B])c([B])c([B])c4c32)c1[B]. The van der Waals surface area contributed by atoms with Crippen molar-refractivity contribution in [1.82, 2.24) is 0 Å². The third-order valence-electron chi connectivity index (χ3n) is 15.5. The van der Waals surface area contributed by atoms with Crippen molar-refractivity contribution in [2.45, 2.75) is 0 Å². The Kier molecular flexibility index (Phi) is 12.7. The van der Waals surface area contributed by atoms with E-state index in [1.54, 1.807) is 0 Å². The molecule has 56 radical (unpaired) electrons. The van der Waals surface area contributed by atoms with Crippen LogP contribution in [0, 0.1) is 0 Å². The zero-order chi connectivity index (χ0) is 56.4. The van der Waals surface area contributed by atoms with Gasteiger partial charge in [-0.1, -0.05) is 98.3 Å². The third-order valence-corrected chi connectivity index (χ3v) is 15.5. The highest BCUT2D eigenvalue weighted by atomic mass is 16.3. The molecular formula is C48B28O. The van der Waals surface area contributed by atoms with Gasteiger partial charge in [0.25, 0.3) is 0 Å². The quantitative estimate of drug-likeness (QED) is 0.0957. The standard InChI is InChI=1S/C48B28O/c49-19-4(11-9(25(55)39(69)41(71)27(11)57)3-10-16(30(60)29(59)14(3)19)31(61)43(73)40(70)26(10)56)1-5-7(23(53)37(67)35(65)21(5)51)2(8-6(1)22(52)36(66)38(68)24(8)54)15-20(50)18-13-12-17(32(62)44(74)42(72)28(12)58)34(64)45(75)47(13)77-48(18)46(76)33(15)63. The molecule has 0 aliphatic rings. The second kappa shape index (κ2) is 17.9. The van der Waals surface area contributed by atoms with Crippen LogP contribution in [-0.4, -0.2) is 220 Å². The number of benzene rings is 10. The van der Waals surface area contributed by atoms with Crippen molar-refractivity contribution in [3.8, 4) is 22.3 Å². The van der Waals surface area contributed by atoms with Crippen molar-refractivity contribution in [2.75, 3.05) is 0 Å². The van der Waals surface area contributed by atoms with Crippen LogP contribution in [-0.2, 0) is 0 Å². The van der Waals surface area contributed by atoms with Crippen LogP contribution < -0.4 is 153 Å². The fraction of sp³-hybridized carbons (Fsp3) is 0. The zero-order valence-electron chi connectivity index (χ0n) is 40.6. The number of rotatable bonds is 2. The first kappa shape index (κ1) is 54.3. The lowest BCUT2D eigenvalue weighted by molar-refractivity contribution is 0.675. The average Bonchev–Trinajstić information content (AvgIpc) is 4.01. The highest BCUT2D eigenvalue weighted by Gasteiger charge is 2.32. The summed E-state index contributed by atoms with van der Waals surface area (Å²) >= 11 is 0. The largest absolute Gasteiger partial charge is 0.457 e. The van der Waals surface area contributed by atoms with Gasteiger partial charge in [0, 0.05) is 10.8 Å². The molecule has 0 saturated heterocycles. The van der Waals surface area contributed by atoms with E-state index in [9.17, 15) is 0 Å². The number of hydrogen-bond acceptors (Lipinski definition) is 1. The molecule has 0 aliphatic heterocycles. The van der Waals surface area contributed by atoms with Gasteiger partial charge in [0.1, 0.15) is 231 Å². The maximum absolute atomic E-state index is 7.56. The van der Waals surface area contributed by atoms with Gasteiger partial charge in [-0.2, -0.15) is 0 Å². The summed E-state index contributed by atoms with van der Waals surface area (Å²) in [5.41, 5.74) is -4.41. The molecule has 10 aromatic carbocycles. The summed E-state index contributed by atoms with van der Waals surface area (Å²) in [6.45, 7) is 0. The molecule has 1 heterocycles. The first-order valence-corrected chi connectivity index (χ1v) is 22.7. The summed E-state index contributed by atoms with van der Waals surface area (Å²) in [6.07, 6.45) is 0. The molecule has 0 amide bonds. The highest BCUT2D eigenvalue weighted by Crippen LogP contribution is 2.43. The van der Waals surface area contributed by atoms with Gasteiger partial charge in [-0.3, -0.25) is 0 Å². The van der Waals surface area contributed by atoms with Crippen LogP contribution in [0.25, 0.3) is 109 Å². The normalized spacial score (nSPS) is 12.1.